The van der Waals surface area contributed by atoms with Crippen LogP contribution in [0.3, 0.4) is 0 Å². The summed E-state index contributed by atoms with van der Waals surface area (Å²) in [6.45, 7) is 9.08. The van der Waals surface area contributed by atoms with Crippen LogP contribution in [0, 0.1) is 0 Å². The van der Waals surface area contributed by atoms with Crippen LogP contribution >= 0.6 is 23.2 Å². The first-order chi connectivity index (χ1) is 14.2. The third-order valence-corrected chi connectivity index (χ3v) is 6.08. The minimum absolute atomic E-state index is 0.122. The highest BCUT2D eigenvalue weighted by molar-refractivity contribution is 6.30. The van der Waals surface area contributed by atoms with Gasteiger partial charge in [0.05, 0.1) is 6.42 Å². The van der Waals surface area contributed by atoms with Crippen LogP contribution in [0.15, 0.2) is 42.5 Å². The van der Waals surface area contributed by atoms with E-state index < -0.39 is 5.97 Å². The molecule has 0 amide bonds. The second-order valence-corrected chi connectivity index (χ2v) is 8.86. The van der Waals surface area contributed by atoms with Crippen LogP contribution in [-0.2, 0) is 17.8 Å². The Morgan fingerprint density at radius 2 is 1.77 bits per heavy atom. The highest BCUT2D eigenvalue weighted by atomic mass is 35.5. The summed E-state index contributed by atoms with van der Waals surface area (Å²) in [5.74, 6) is -0.342. The molecule has 2 aromatic rings. The molecule has 1 N–H and O–H groups in total. The van der Waals surface area contributed by atoms with Gasteiger partial charge in [-0.05, 0) is 56.7 Å². The fraction of sp³-hybridized carbons (Fsp3) is 0.435. The third-order valence-electron chi connectivity index (χ3n) is 5.59. The van der Waals surface area contributed by atoms with Crippen LogP contribution in [0.25, 0.3) is 0 Å². The fourth-order valence-electron chi connectivity index (χ4n) is 3.99. The molecule has 1 fully saturated rings. The van der Waals surface area contributed by atoms with Crippen molar-refractivity contribution >= 4 is 29.2 Å². The number of aliphatic carboxylic acids is 1. The summed E-state index contributed by atoms with van der Waals surface area (Å²) in [5, 5.41) is 10.4. The van der Waals surface area contributed by atoms with E-state index in [2.05, 4.69) is 35.8 Å². The number of carbonyl (C=O) groups is 1. The Kier molecular flexibility index (Phi) is 7.64. The molecule has 1 heterocycles. The second kappa shape index (κ2) is 10.0. The number of benzene rings is 2. The van der Waals surface area contributed by atoms with Gasteiger partial charge in [-0.25, -0.2) is 0 Å². The van der Waals surface area contributed by atoms with Crippen molar-refractivity contribution in [1.82, 2.24) is 9.80 Å². The Bertz CT molecular complexity index is 875. The molecule has 0 saturated carbocycles. The minimum Gasteiger partial charge on any atom is -0.481 e. The molecular weight excluding hydrogens is 423 g/mol. The zero-order chi connectivity index (χ0) is 21.8. The topological polar surface area (TPSA) is 53.0 Å². The van der Waals surface area contributed by atoms with Gasteiger partial charge in [-0.2, -0.15) is 0 Å². The summed E-state index contributed by atoms with van der Waals surface area (Å²) in [7, 11) is 0. The molecule has 1 aliphatic rings. The minimum atomic E-state index is -0.910. The third kappa shape index (κ3) is 5.88. The van der Waals surface area contributed by atoms with Gasteiger partial charge in [0.25, 0.3) is 0 Å². The van der Waals surface area contributed by atoms with E-state index in [0.717, 1.165) is 24.7 Å². The van der Waals surface area contributed by atoms with Crippen molar-refractivity contribution in [3.05, 3.63) is 63.6 Å². The standard InChI is InChI=1S/C23H28Cl2N2O3/c1-15-13-27(16(2)12-26(15)14-18-4-6-20(24)7-5-18)17(3)30-22-9-8-21(25)10-19(22)11-23(28)29/h4-10,15-17H,11-14H2,1-3H3,(H,28,29)/t15-,16+,17?/m0/s1. The molecule has 0 bridgehead atoms. The number of piperazine rings is 1. The molecule has 0 aromatic heterocycles. The summed E-state index contributed by atoms with van der Waals surface area (Å²) >= 11 is 12.0. The number of hydrogen-bond acceptors (Lipinski definition) is 4. The van der Waals surface area contributed by atoms with Crippen molar-refractivity contribution in [2.45, 2.75) is 52.0 Å². The maximum atomic E-state index is 11.2. The van der Waals surface area contributed by atoms with Crippen LogP contribution in [0.2, 0.25) is 10.0 Å². The summed E-state index contributed by atoms with van der Waals surface area (Å²) in [6, 6.07) is 13.8. The molecule has 162 valence electrons. The molecule has 0 spiro atoms. The van der Waals surface area contributed by atoms with E-state index in [-0.39, 0.29) is 12.6 Å². The maximum absolute atomic E-state index is 11.2. The molecule has 30 heavy (non-hydrogen) atoms. The van der Waals surface area contributed by atoms with Crippen LogP contribution in [-0.4, -0.2) is 52.3 Å². The second-order valence-electron chi connectivity index (χ2n) is 7.99. The van der Waals surface area contributed by atoms with Crippen molar-refractivity contribution < 1.29 is 14.6 Å². The first kappa shape index (κ1) is 22.9. The highest BCUT2D eigenvalue weighted by Gasteiger charge is 2.32. The summed E-state index contributed by atoms with van der Waals surface area (Å²) in [5.41, 5.74) is 1.83. The lowest BCUT2D eigenvalue weighted by Gasteiger charge is -2.46. The van der Waals surface area contributed by atoms with E-state index in [0.29, 0.717) is 28.4 Å². The predicted octanol–water partition coefficient (Wildman–Crippen LogP) is 4.94. The lowest BCUT2D eigenvalue weighted by molar-refractivity contribution is -0.136. The Labute approximate surface area is 188 Å². The van der Waals surface area contributed by atoms with Crippen molar-refractivity contribution in [2.75, 3.05) is 13.1 Å². The van der Waals surface area contributed by atoms with E-state index in [1.807, 2.05) is 19.1 Å². The van der Waals surface area contributed by atoms with Crippen LogP contribution in [0.4, 0.5) is 0 Å². The monoisotopic (exact) mass is 450 g/mol. The number of hydrogen-bond donors (Lipinski definition) is 1. The van der Waals surface area contributed by atoms with Crippen LogP contribution < -0.4 is 4.74 Å². The Morgan fingerprint density at radius 1 is 1.10 bits per heavy atom. The molecule has 0 aliphatic carbocycles. The van der Waals surface area contributed by atoms with Crippen molar-refractivity contribution in [1.29, 1.82) is 0 Å². The molecule has 2 aromatic carbocycles. The van der Waals surface area contributed by atoms with Crippen molar-refractivity contribution in [2.24, 2.45) is 0 Å². The number of nitrogens with zero attached hydrogens (tertiary/aromatic N) is 2. The lowest BCUT2D eigenvalue weighted by atomic mass is 10.1. The Morgan fingerprint density at radius 3 is 2.43 bits per heavy atom. The summed E-state index contributed by atoms with van der Waals surface area (Å²) in [4.78, 5) is 16.0. The van der Waals surface area contributed by atoms with Gasteiger partial charge in [0, 0.05) is 47.3 Å². The molecular formula is C23H28Cl2N2O3. The van der Waals surface area contributed by atoms with E-state index in [9.17, 15) is 9.90 Å². The van der Waals surface area contributed by atoms with Gasteiger partial charge in [0.2, 0.25) is 0 Å². The normalized spacial score (nSPS) is 21.4. The average Bonchev–Trinajstić information content (AvgIpc) is 2.67. The van der Waals surface area contributed by atoms with Crippen LogP contribution in [0.5, 0.6) is 5.75 Å². The van der Waals surface area contributed by atoms with Gasteiger partial charge < -0.3 is 9.84 Å². The van der Waals surface area contributed by atoms with Crippen molar-refractivity contribution in [3.63, 3.8) is 0 Å². The zero-order valence-electron chi connectivity index (χ0n) is 17.5. The van der Waals surface area contributed by atoms with Gasteiger partial charge in [-0.15, -0.1) is 0 Å². The van der Waals surface area contributed by atoms with E-state index in [4.69, 9.17) is 27.9 Å². The van der Waals surface area contributed by atoms with E-state index in [1.165, 1.54) is 5.56 Å². The van der Waals surface area contributed by atoms with Gasteiger partial charge in [-0.3, -0.25) is 14.6 Å². The van der Waals surface area contributed by atoms with Gasteiger partial charge >= 0.3 is 5.97 Å². The molecule has 7 heteroatoms. The van der Waals surface area contributed by atoms with Gasteiger partial charge in [0.15, 0.2) is 0 Å². The SMILES string of the molecule is CC(Oc1ccc(Cl)cc1CC(=O)O)N1C[C@H](C)N(Cc2ccc(Cl)cc2)C[C@H]1C. The highest BCUT2D eigenvalue weighted by Crippen LogP contribution is 2.27. The number of rotatable bonds is 7. The first-order valence-corrected chi connectivity index (χ1v) is 10.9. The summed E-state index contributed by atoms with van der Waals surface area (Å²) in [6.07, 6.45) is -0.308. The van der Waals surface area contributed by atoms with Gasteiger partial charge in [-0.1, -0.05) is 35.3 Å². The molecule has 1 aliphatic heterocycles. The molecule has 5 nitrogen and oxygen atoms in total. The van der Waals surface area contributed by atoms with E-state index in [1.54, 1.807) is 18.2 Å². The molecule has 1 saturated heterocycles. The number of carboxylic acids is 1. The van der Waals surface area contributed by atoms with E-state index >= 15 is 0 Å². The molecule has 3 rings (SSSR count). The smallest absolute Gasteiger partial charge is 0.307 e. The lowest BCUT2D eigenvalue weighted by Crippen LogP contribution is -2.59. The van der Waals surface area contributed by atoms with Crippen LogP contribution in [0.1, 0.15) is 31.9 Å². The van der Waals surface area contributed by atoms with Gasteiger partial charge in [0.1, 0.15) is 12.0 Å². The molecule has 0 radical (unpaired) electrons. The quantitative estimate of drug-likeness (QED) is 0.647. The van der Waals surface area contributed by atoms with Crippen molar-refractivity contribution in [3.8, 4) is 5.75 Å². The number of ether oxygens (including phenoxy) is 1. The zero-order valence-corrected chi connectivity index (χ0v) is 19.0. The molecule has 3 atom stereocenters. The number of halogens is 2. The largest absolute Gasteiger partial charge is 0.481 e. The molecule has 1 unspecified atom stereocenters. The summed E-state index contributed by atoms with van der Waals surface area (Å²) < 4.78 is 6.20. The predicted molar refractivity (Wildman–Crippen MR) is 120 cm³/mol. The fourth-order valence-corrected chi connectivity index (χ4v) is 4.31. The Balaban J connectivity index is 1.66. The average molecular weight is 451 g/mol. The maximum Gasteiger partial charge on any atom is 0.307 e. The number of carboxylic acid groups (broad SMARTS) is 1. The Hall–Kier alpha value is -1.79. The first-order valence-electron chi connectivity index (χ1n) is 10.1.